The lowest BCUT2D eigenvalue weighted by molar-refractivity contribution is 0.203. The number of likely N-dealkylation sites (tertiary alicyclic amines) is 1. The molecule has 0 unspecified atom stereocenters. The fourth-order valence-electron chi connectivity index (χ4n) is 4.08. The Hall–Kier alpha value is -2.86. The van der Waals surface area contributed by atoms with Crippen molar-refractivity contribution in [1.82, 2.24) is 24.8 Å². The Balaban J connectivity index is 1.37. The smallest absolute Gasteiger partial charge is 0.228 e. The summed E-state index contributed by atoms with van der Waals surface area (Å²) in [4.78, 5) is 20.6. The Morgan fingerprint density at radius 3 is 2.33 bits per heavy atom. The minimum absolute atomic E-state index is 0.440. The van der Waals surface area contributed by atoms with Crippen LogP contribution in [0.25, 0.3) is 0 Å². The number of aromatic nitrogens is 4. The maximum atomic E-state index is 4.81. The highest BCUT2D eigenvalue weighted by Crippen LogP contribution is 2.28. The van der Waals surface area contributed by atoms with Gasteiger partial charge in [-0.1, -0.05) is 18.2 Å². The molecule has 0 amide bonds. The second-order valence-corrected chi connectivity index (χ2v) is 8.40. The van der Waals surface area contributed by atoms with E-state index in [1.54, 1.807) is 6.20 Å². The molecule has 0 saturated carbocycles. The molecular formula is C24H30N6. The monoisotopic (exact) mass is 402 g/mol. The van der Waals surface area contributed by atoms with Crippen LogP contribution in [0.1, 0.15) is 52.5 Å². The first-order valence-corrected chi connectivity index (χ1v) is 10.7. The van der Waals surface area contributed by atoms with E-state index in [1.165, 1.54) is 16.7 Å². The van der Waals surface area contributed by atoms with Crippen LogP contribution in [0.15, 0.2) is 36.7 Å². The van der Waals surface area contributed by atoms with Gasteiger partial charge in [-0.3, -0.25) is 9.88 Å². The first-order chi connectivity index (χ1) is 14.5. The Labute approximate surface area is 178 Å². The summed E-state index contributed by atoms with van der Waals surface area (Å²) in [6.45, 7) is 11.5. The lowest BCUT2D eigenvalue weighted by atomic mass is 9.93. The second-order valence-electron chi connectivity index (χ2n) is 8.40. The van der Waals surface area contributed by atoms with Gasteiger partial charge in [0.1, 0.15) is 0 Å². The van der Waals surface area contributed by atoms with Gasteiger partial charge in [-0.2, -0.15) is 0 Å². The Morgan fingerprint density at radius 2 is 1.63 bits per heavy atom. The van der Waals surface area contributed by atoms with Crippen molar-refractivity contribution in [2.75, 3.05) is 18.4 Å². The topological polar surface area (TPSA) is 66.8 Å². The number of piperidine rings is 1. The molecule has 4 rings (SSSR count). The van der Waals surface area contributed by atoms with Crippen LogP contribution in [0.4, 0.5) is 11.8 Å². The van der Waals surface area contributed by atoms with Gasteiger partial charge in [-0.25, -0.2) is 15.0 Å². The number of nitrogens with zero attached hydrogens (tertiary/aromatic N) is 5. The molecule has 0 radical (unpaired) electrons. The standard InChI is InChI=1S/C24H30N6/c1-16-5-6-20(11-17(16)2)15-30-9-7-21(8-10-30)22-13-25-14-23(28-22)29-24-26-18(3)12-19(4)27-24/h5-6,11-14,21H,7-10,15H2,1-4H3,(H,26,27,28,29). The van der Waals surface area contributed by atoms with Crippen LogP contribution in [0.2, 0.25) is 0 Å². The lowest BCUT2D eigenvalue weighted by Crippen LogP contribution is -2.32. The molecule has 30 heavy (non-hydrogen) atoms. The summed E-state index contributed by atoms with van der Waals surface area (Å²) in [5.74, 6) is 1.72. The van der Waals surface area contributed by atoms with E-state index in [4.69, 9.17) is 4.98 Å². The Kier molecular flexibility index (Phi) is 6.04. The molecule has 3 heterocycles. The van der Waals surface area contributed by atoms with Crippen molar-refractivity contribution in [2.24, 2.45) is 0 Å². The highest BCUT2D eigenvalue weighted by Gasteiger charge is 2.22. The van der Waals surface area contributed by atoms with Gasteiger partial charge in [0.25, 0.3) is 0 Å². The van der Waals surface area contributed by atoms with Crippen molar-refractivity contribution < 1.29 is 0 Å². The summed E-state index contributed by atoms with van der Waals surface area (Å²) in [7, 11) is 0. The molecule has 1 aromatic carbocycles. The SMILES string of the molecule is Cc1cc(C)nc(Nc2cncc(C3CCN(Cc4ccc(C)c(C)c4)CC3)n2)n1. The maximum Gasteiger partial charge on any atom is 0.228 e. The average molecular weight is 403 g/mol. The van der Waals surface area contributed by atoms with E-state index in [2.05, 4.69) is 57.2 Å². The van der Waals surface area contributed by atoms with Gasteiger partial charge in [0, 0.05) is 30.0 Å². The highest BCUT2D eigenvalue weighted by molar-refractivity contribution is 5.46. The van der Waals surface area contributed by atoms with E-state index in [0.717, 1.165) is 49.6 Å². The summed E-state index contributed by atoms with van der Waals surface area (Å²) < 4.78 is 0. The molecule has 6 heteroatoms. The molecule has 1 saturated heterocycles. The van der Waals surface area contributed by atoms with E-state index in [9.17, 15) is 0 Å². The number of anilines is 2. The van der Waals surface area contributed by atoms with Crippen molar-refractivity contribution in [3.63, 3.8) is 0 Å². The number of benzene rings is 1. The van der Waals surface area contributed by atoms with Crippen LogP contribution in [-0.4, -0.2) is 37.9 Å². The van der Waals surface area contributed by atoms with Crippen LogP contribution in [0.5, 0.6) is 0 Å². The first kappa shape index (κ1) is 20.4. The molecule has 0 bridgehead atoms. The van der Waals surface area contributed by atoms with Crippen LogP contribution in [0.3, 0.4) is 0 Å². The zero-order valence-electron chi connectivity index (χ0n) is 18.3. The number of rotatable bonds is 5. The molecule has 1 aliphatic rings. The number of hydrogen-bond donors (Lipinski definition) is 1. The molecule has 3 aromatic rings. The van der Waals surface area contributed by atoms with E-state index >= 15 is 0 Å². The Bertz CT molecular complexity index is 1000. The molecule has 1 aliphatic heterocycles. The second kappa shape index (κ2) is 8.88. The molecule has 156 valence electrons. The van der Waals surface area contributed by atoms with Gasteiger partial charge in [-0.05, 0) is 76.4 Å². The third-order valence-electron chi connectivity index (χ3n) is 5.86. The summed E-state index contributed by atoms with van der Waals surface area (Å²) in [5.41, 5.74) is 7.05. The van der Waals surface area contributed by atoms with Crippen LogP contribution >= 0.6 is 0 Å². The minimum Gasteiger partial charge on any atom is -0.307 e. The van der Waals surface area contributed by atoms with Crippen LogP contribution < -0.4 is 5.32 Å². The van der Waals surface area contributed by atoms with Gasteiger partial charge >= 0.3 is 0 Å². The molecule has 0 aliphatic carbocycles. The maximum absolute atomic E-state index is 4.81. The molecular weight excluding hydrogens is 372 g/mol. The molecule has 1 fully saturated rings. The normalized spacial score (nSPS) is 15.3. The van der Waals surface area contributed by atoms with Crippen molar-refractivity contribution in [2.45, 2.75) is 53.0 Å². The van der Waals surface area contributed by atoms with Crippen molar-refractivity contribution in [1.29, 1.82) is 0 Å². The third kappa shape index (κ3) is 5.00. The summed E-state index contributed by atoms with van der Waals surface area (Å²) in [5, 5.41) is 3.21. The average Bonchev–Trinajstić information content (AvgIpc) is 2.71. The van der Waals surface area contributed by atoms with Crippen molar-refractivity contribution in [3.8, 4) is 0 Å². The van der Waals surface area contributed by atoms with Gasteiger partial charge in [0.05, 0.1) is 11.9 Å². The number of aryl methyl sites for hydroxylation is 4. The van der Waals surface area contributed by atoms with Gasteiger partial charge in [0.15, 0.2) is 5.82 Å². The number of hydrogen-bond acceptors (Lipinski definition) is 6. The van der Waals surface area contributed by atoms with E-state index in [1.807, 2.05) is 26.1 Å². The van der Waals surface area contributed by atoms with Gasteiger partial charge in [-0.15, -0.1) is 0 Å². The predicted octanol–water partition coefficient (Wildman–Crippen LogP) is 4.62. The summed E-state index contributed by atoms with van der Waals surface area (Å²) >= 11 is 0. The highest BCUT2D eigenvalue weighted by atomic mass is 15.2. The molecule has 2 aromatic heterocycles. The predicted molar refractivity (Wildman–Crippen MR) is 120 cm³/mol. The molecule has 0 spiro atoms. The minimum atomic E-state index is 0.440. The largest absolute Gasteiger partial charge is 0.307 e. The van der Waals surface area contributed by atoms with Crippen LogP contribution in [0, 0.1) is 27.7 Å². The van der Waals surface area contributed by atoms with Crippen molar-refractivity contribution >= 4 is 11.8 Å². The zero-order chi connectivity index (χ0) is 21.1. The third-order valence-corrected chi connectivity index (χ3v) is 5.86. The number of nitrogens with one attached hydrogen (secondary N) is 1. The van der Waals surface area contributed by atoms with E-state index < -0.39 is 0 Å². The van der Waals surface area contributed by atoms with E-state index in [0.29, 0.717) is 17.7 Å². The van der Waals surface area contributed by atoms with Gasteiger partial charge in [0.2, 0.25) is 5.95 Å². The molecule has 0 atom stereocenters. The van der Waals surface area contributed by atoms with Crippen molar-refractivity contribution in [3.05, 3.63) is 70.4 Å². The fourth-order valence-corrected chi connectivity index (χ4v) is 4.08. The fraction of sp³-hybridized carbons (Fsp3) is 0.417. The Morgan fingerprint density at radius 1 is 0.900 bits per heavy atom. The quantitative estimate of drug-likeness (QED) is 0.671. The first-order valence-electron chi connectivity index (χ1n) is 10.7. The summed E-state index contributed by atoms with van der Waals surface area (Å²) in [6, 6.07) is 8.76. The lowest BCUT2D eigenvalue weighted by Gasteiger charge is -2.31. The van der Waals surface area contributed by atoms with E-state index in [-0.39, 0.29) is 0 Å². The molecule has 1 N–H and O–H groups in total. The van der Waals surface area contributed by atoms with Crippen LogP contribution in [-0.2, 0) is 6.54 Å². The molecule has 6 nitrogen and oxygen atoms in total. The zero-order valence-corrected chi connectivity index (χ0v) is 18.3. The van der Waals surface area contributed by atoms with Gasteiger partial charge < -0.3 is 5.32 Å². The summed E-state index contributed by atoms with van der Waals surface area (Å²) in [6.07, 6.45) is 5.84.